The first-order valence-corrected chi connectivity index (χ1v) is 4.74. The van der Waals surface area contributed by atoms with Crippen molar-refractivity contribution >= 4 is 11.6 Å². The van der Waals surface area contributed by atoms with Gasteiger partial charge < -0.3 is 4.74 Å². The van der Waals surface area contributed by atoms with E-state index in [4.69, 9.17) is 4.74 Å². The minimum absolute atomic E-state index is 0.0376. The van der Waals surface area contributed by atoms with E-state index in [-0.39, 0.29) is 17.5 Å². The quantitative estimate of drug-likeness (QED) is 0.597. The smallest absolute Gasteiger partial charge is 0.176 e. The van der Waals surface area contributed by atoms with Gasteiger partial charge in [0.1, 0.15) is 17.3 Å². The highest BCUT2D eigenvalue weighted by Gasteiger charge is 2.48. The molecular formula is C10H14O3. The van der Waals surface area contributed by atoms with Crippen molar-refractivity contribution in [3.8, 4) is 0 Å². The number of carbonyl (C=O) groups excluding carboxylic acids is 2. The van der Waals surface area contributed by atoms with Gasteiger partial charge in [0.15, 0.2) is 5.78 Å². The van der Waals surface area contributed by atoms with Crippen LogP contribution in [-0.2, 0) is 14.3 Å². The number of carbonyl (C=O) groups is 2. The molecule has 2 aliphatic rings. The number of hydrogen-bond donors (Lipinski definition) is 0. The van der Waals surface area contributed by atoms with E-state index in [1.54, 1.807) is 13.8 Å². The number of ether oxygens (including phenoxy) is 1. The Kier molecular flexibility index (Phi) is 1.80. The van der Waals surface area contributed by atoms with E-state index in [0.717, 1.165) is 12.8 Å². The van der Waals surface area contributed by atoms with Gasteiger partial charge in [-0.3, -0.25) is 9.59 Å². The molecule has 0 bridgehead atoms. The molecule has 1 saturated heterocycles. The maximum Gasteiger partial charge on any atom is 0.176 e. The Hall–Kier alpha value is -0.700. The van der Waals surface area contributed by atoms with Crippen LogP contribution in [0, 0.1) is 11.8 Å². The Morgan fingerprint density at radius 1 is 1.46 bits per heavy atom. The highest BCUT2D eigenvalue weighted by molar-refractivity contribution is 6.08. The molecule has 1 aliphatic carbocycles. The van der Waals surface area contributed by atoms with Gasteiger partial charge in [0.05, 0.1) is 6.61 Å². The second-order valence-electron chi connectivity index (χ2n) is 4.41. The number of ketones is 2. The zero-order valence-corrected chi connectivity index (χ0v) is 8.00. The fourth-order valence-corrected chi connectivity index (χ4v) is 1.72. The Morgan fingerprint density at radius 3 is 2.46 bits per heavy atom. The summed E-state index contributed by atoms with van der Waals surface area (Å²) in [4.78, 5) is 23.3. The maximum absolute atomic E-state index is 11.7. The maximum atomic E-state index is 11.7. The zero-order valence-electron chi connectivity index (χ0n) is 8.00. The molecule has 0 spiro atoms. The van der Waals surface area contributed by atoms with Gasteiger partial charge >= 0.3 is 0 Å². The van der Waals surface area contributed by atoms with E-state index >= 15 is 0 Å². The van der Waals surface area contributed by atoms with Gasteiger partial charge in [0.2, 0.25) is 0 Å². The van der Waals surface area contributed by atoms with Gasteiger partial charge in [-0.15, -0.1) is 0 Å². The SMILES string of the molecule is CC1(C)OCC(C(=O)C2CC2)C1=O. The van der Waals surface area contributed by atoms with Crippen LogP contribution in [0.4, 0.5) is 0 Å². The average molecular weight is 182 g/mol. The van der Waals surface area contributed by atoms with E-state index in [0.29, 0.717) is 6.61 Å². The molecule has 72 valence electrons. The summed E-state index contributed by atoms with van der Waals surface area (Å²) >= 11 is 0. The molecule has 1 unspecified atom stereocenters. The first-order chi connectivity index (χ1) is 6.02. The van der Waals surface area contributed by atoms with Gasteiger partial charge in [0.25, 0.3) is 0 Å². The summed E-state index contributed by atoms with van der Waals surface area (Å²) in [5.74, 6) is -0.242. The van der Waals surface area contributed by atoms with Crippen LogP contribution in [0.25, 0.3) is 0 Å². The van der Waals surface area contributed by atoms with E-state index in [1.165, 1.54) is 0 Å². The molecule has 0 aromatic rings. The molecule has 3 heteroatoms. The average Bonchev–Trinajstić information content (AvgIpc) is 2.82. The standard InChI is InChI=1S/C10H14O3/c1-10(2)9(12)7(5-13-10)8(11)6-3-4-6/h6-7H,3-5H2,1-2H3. The van der Waals surface area contributed by atoms with Crippen molar-refractivity contribution < 1.29 is 14.3 Å². The molecule has 0 aromatic carbocycles. The molecule has 1 saturated carbocycles. The van der Waals surface area contributed by atoms with Crippen molar-refractivity contribution in [2.24, 2.45) is 11.8 Å². The highest BCUT2D eigenvalue weighted by Crippen LogP contribution is 2.36. The van der Waals surface area contributed by atoms with Crippen molar-refractivity contribution in [2.45, 2.75) is 32.3 Å². The van der Waals surface area contributed by atoms with Crippen molar-refractivity contribution in [2.75, 3.05) is 6.61 Å². The van der Waals surface area contributed by atoms with Crippen LogP contribution < -0.4 is 0 Å². The minimum atomic E-state index is -0.741. The van der Waals surface area contributed by atoms with Crippen molar-refractivity contribution in [1.82, 2.24) is 0 Å². The first-order valence-electron chi connectivity index (χ1n) is 4.74. The van der Waals surface area contributed by atoms with Gasteiger partial charge in [0, 0.05) is 5.92 Å². The molecule has 1 aliphatic heterocycles. The second kappa shape index (κ2) is 2.64. The summed E-state index contributed by atoms with van der Waals surface area (Å²) in [6, 6.07) is 0. The molecule has 2 fully saturated rings. The van der Waals surface area contributed by atoms with Crippen LogP contribution in [0.5, 0.6) is 0 Å². The van der Waals surface area contributed by atoms with Crippen LogP contribution in [0.2, 0.25) is 0 Å². The Balaban J connectivity index is 2.10. The lowest BCUT2D eigenvalue weighted by Crippen LogP contribution is -2.33. The highest BCUT2D eigenvalue weighted by atomic mass is 16.5. The largest absolute Gasteiger partial charge is 0.367 e. The first kappa shape index (κ1) is 8.88. The van der Waals surface area contributed by atoms with Crippen LogP contribution in [-0.4, -0.2) is 23.8 Å². The third-order valence-corrected chi connectivity index (χ3v) is 2.84. The second-order valence-corrected chi connectivity index (χ2v) is 4.41. The molecule has 2 rings (SSSR count). The molecule has 3 nitrogen and oxygen atoms in total. The molecule has 0 amide bonds. The number of rotatable bonds is 2. The van der Waals surface area contributed by atoms with Crippen LogP contribution in [0.3, 0.4) is 0 Å². The summed E-state index contributed by atoms with van der Waals surface area (Å²) in [5, 5.41) is 0. The fourth-order valence-electron chi connectivity index (χ4n) is 1.72. The third-order valence-electron chi connectivity index (χ3n) is 2.84. The summed E-state index contributed by atoms with van der Waals surface area (Å²) in [5.41, 5.74) is -0.741. The van der Waals surface area contributed by atoms with Crippen molar-refractivity contribution in [3.05, 3.63) is 0 Å². The molecule has 0 aromatic heterocycles. The van der Waals surface area contributed by atoms with Crippen molar-refractivity contribution in [3.63, 3.8) is 0 Å². The van der Waals surface area contributed by atoms with Crippen LogP contribution >= 0.6 is 0 Å². The Morgan fingerprint density at radius 2 is 2.08 bits per heavy atom. The Bertz CT molecular complexity index is 263. The number of hydrogen-bond acceptors (Lipinski definition) is 3. The van der Waals surface area contributed by atoms with E-state index in [1.807, 2.05) is 0 Å². The van der Waals surface area contributed by atoms with E-state index in [9.17, 15) is 9.59 Å². The predicted octanol–water partition coefficient (Wildman–Crippen LogP) is 0.960. The number of Topliss-reactive ketones (excluding diaryl/α,β-unsaturated/α-hetero) is 2. The summed E-state index contributed by atoms with van der Waals surface area (Å²) in [6.07, 6.45) is 1.92. The fraction of sp³-hybridized carbons (Fsp3) is 0.800. The molecular weight excluding hydrogens is 168 g/mol. The molecule has 1 heterocycles. The van der Waals surface area contributed by atoms with E-state index in [2.05, 4.69) is 0 Å². The normalized spacial score (nSPS) is 32.2. The van der Waals surface area contributed by atoms with Gasteiger partial charge in [-0.05, 0) is 26.7 Å². The lowest BCUT2D eigenvalue weighted by Gasteiger charge is -2.13. The Labute approximate surface area is 77.4 Å². The van der Waals surface area contributed by atoms with Gasteiger partial charge in [-0.1, -0.05) is 0 Å². The van der Waals surface area contributed by atoms with Crippen LogP contribution in [0.15, 0.2) is 0 Å². The lowest BCUT2D eigenvalue weighted by molar-refractivity contribution is -0.134. The molecule has 0 N–H and O–H groups in total. The summed E-state index contributed by atoms with van der Waals surface area (Å²) in [7, 11) is 0. The summed E-state index contributed by atoms with van der Waals surface area (Å²) < 4.78 is 5.29. The van der Waals surface area contributed by atoms with Crippen LogP contribution in [0.1, 0.15) is 26.7 Å². The lowest BCUT2D eigenvalue weighted by atomic mass is 9.91. The van der Waals surface area contributed by atoms with Gasteiger partial charge in [-0.25, -0.2) is 0 Å². The van der Waals surface area contributed by atoms with Gasteiger partial charge in [-0.2, -0.15) is 0 Å². The molecule has 0 radical (unpaired) electrons. The van der Waals surface area contributed by atoms with Crippen molar-refractivity contribution in [1.29, 1.82) is 0 Å². The van der Waals surface area contributed by atoms with E-state index < -0.39 is 11.5 Å². The zero-order chi connectivity index (χ0) is 9.64. The summed E-state index contributed by atoms with van der Waals surface area (Å²) in [6.45, 7) is 3.76. The molecule has 13 heavy (non-hydrogen) atoms. The predicted molar refractivity (Wildman–Crippen MR) is 46.3 cm³/mol. The minimum Gasteiger partial charge on any atom is -0.367 e. The topological polar surface area (TPSA) is 43.4 Å². The monoisotopic (exact) mass is 182 g/mol. The molecule has 1 atom stereocenters. The third kappa shape index (κ3) is 1.41.